The first-order chi connectivity index (χ1) is 12.6. The lowest BCUT2D eigenvalue weighted by molar-refractivity contribution is -0.0847. The van der Waals surface area contributed by atoms with Gasteiger partial charge in [0.1, 0.15) is 0 Å². The summed E-state index contributed by atoms with van der Waals surface area (Å²) < 4.78 is 12.1. The molecular weight excluding hydrogens is 328 g/mol. The third-order valence-electron chi connectivity index (χ3n) is 5.17. The first kappa shape index (κ1) is 16.8. The van der Waals surface area contributed by atoms with E-state index in [0.717, 1.165) is 29.9 Å². The number of carbonyl (C=O) groups is 1. The van der Waals surface area contributed by atoms with Crippen molar-refractivity contribution in [1.82, 2.24) is 10.2 Å². The van der Waals surface area contributed by atoms with Crippen LogP contribution in [0.5, 0.6) is 11.5 Å². The van der Waals surface area contributed by atoms with Gasteiger partial charge in [-0.25, -0.2) is 4.79 Å². The summed E-state index contributed by atoms with van der Waals surface area (Å²) in [5, 5.41) is 3.14. The van der Waals surface area contributed by atoms with E-state index in [1.165, 1.54) is 5.56 Å². The fourth-order valence-electron chi connectivity index (χ4n) is 3.90. The van der Waals surface area contributed by atoms with Crippen LogP contribution in [0, 0.1) is 0 Å². The molecule has 26 heavy (non-hydrogen) atoms. The highest BCUT2D eigenvalue weighted by atomic mass is 16.5. The second kappa shape index (κ2) is 6.56. The Morgan fingerprint density at radius 2 is 2.04 bits per heavy atom. The van der Waals surface area contributed by atoms with Crippen molar-refractivity contribution in [3.63, 3.8) is 0 Å². The molecule has 0 aromatic heterocycles. The summed E-state index contributed by atoms with van der Waals surface area (Å²) in [5.41, 5.74) is 1.52. The van der Waals surface area contributed by atoms with E-state index in [9.17, 15) is 4.79 Å². The fraction of sp³-hybridized carbons (Fsp3) is 0.381. The molecule has 2 unspecified atom stereocenters. The monoisotopic (exact) mass is 352 g/mol. The van der Waals surface area contributed by atoms with Crippen molar-refractivity contribution in [2.24, 2.45) is 0 Å². The van der Waals surface area contributed by atoms with Gasteiger partial charge in [-0.3, -0.25) is 4.90 Å². The highest BCUT2D eigenvalue weighted by Gasteiger charge is 2.49. The lowest BCUT2D eigenvalue weighted by Crippen LogP contribution is -2.65. The molecule has 0 saturated carbocycles. The molecule has 2 atom stereocenters. The van der Waals surface area contributed by atoms with Gasteiger partial charge in [0, 0.05) is 18.5 Å². The van der Waals surface area contributed by atoms with Crippen molar-refractivity contribution >= 4 is 6.03 Å². The van der Waals surface area contributed by atoms with Gasteiger partial charge in [-0.15, -0.1) is 0 Å². The lowest BCUT2D eigenvalue weighted by Gasteiger charge is -2.51. The molecule has 1 N–H and O–H groups in total. The summed E-state index contributed by atoms with van der Waals surface area (Å²) in [6.07, 6.45) is 1.51. The maximum atomic E-state index is 12.8. The second-order valence-corrected chi connectivity index (χ2v) is 6.98. The van der Waals surface area contributed by atoms with E-state index >= 15 is 0 Å². The number of carbonyl (C=O) groups excluding carboxylic acids is 1. The zero-order valence-corrected chi connectivity index (χ0v) is 15.2. The third kappa shape index (κ3) is 2.87. The van der Waals surface area contributed by atoms with Crippen molar-refractivity contribution in [3.05, 3.63) is 59.7 Å². The zero-order valence-electron chi connectivity index (χ0n) is 15.2. The summed E-state index contributed by atoms with van der Waals surface area (Å²) in [4.78, 5) is 14.6. The van der Waals surface area contributed by atoms with Gasteiger partial charge >= 0.3 is 6.03 Å². The van der Waals surface area contributed by atoms with Crippen LogP contribution in [0.4, 0.5) is 4.79 Å². The van der Waals surface area contributed by atoms with Crippen molar-refractivity contribution in [3.8, 4) is 11.5 Å². The molecule has 2 heterocycles. The number of nitrogens with one attached hydrogen (secondary N) is 1. The smallest absolute Gasteiger partial charge is 0.320 e. The molecule has 136 valence electrons. The minimum absolute atomic E-state index is 0.0513. The topological polar surface area (TPSA) is 50.8 Å². The van der Waals surface area contributed by atoms with E-state index in [4.69, 9.17) is 9.47 Å². The van der Waals surface area contributed by atoms with E-state index in [0.29, 0.717) is 13.2 Å². The molecule has 2 aliphatic rings. The van der Waals surface area contributed by atoms with Crippen LogP contribution in [0.2, 0.25) is 0 Å². The Balaban J connectivity index is 1.62. The first-order valence-corrected chi connectivity index (χ1v) is 9.17. The third-order valence-corrected chi connectivity index (χ3v) is 5.17. The maximum absolute atomic E-state index is 12.8. The van der Waals surface area contributed by atoms with Crippen LogP contribution < -0.4 is 14.8 Å². The number of urea groups is 1. The molecular formula is C21H24N2O3. The van der Waals surface area contributed by atoms with E-state index in [2.05, 4.69) is 17.4 Å². The van der Waals surface area contributed by atoms with Crippen LogP contribution in [-0.4, -0.2) is 29.8 Å². The van der Waals surface area contributed by atoms with Gasteiger partial charge in [-0.2, -0.15) is 0 Å². The Morgan fingerprint density at radius 1 is 1.23 bits per heavy atom. The molecule has 0 radical (unpaired) electrons. The predicted octanol–water partition coefficient (Wildman–Crippen LogP) is 3.89. The number of ether oxygens (including phenoxy) is 2. The Kier molecular flexibility index (Phi) is 4.23. The standard InChI is InChI=1S/C21H24N2O3/c1-3-25-18-11-7-10-16-17-14-21(2,26-19(16)18)23(20(24)22-17)13-12-15-8-5-4-6-9-15/h4-11,17H,3,12-14H2,1-2H3,(H,22,24). The van der Waals surface area contributed by atoms with Gasteiger partial charge in [-0.05, 0) is 31.9 Å². The van der Waals surface area contributed by atoms with E-state index < -0.39 is 5.72 Å². The minimum Gasteiger partial charge on any atom is -0.490 e. The zero-order chi connectivity index (χ0) is 18.1. The number of hydrogen-bond acceptors (Lipinski definition) is 3. The van der Waals surface area contributed by atoms with E-state index in [1.54, 1.807) is 0 Å². The fourth-order valence-corrected chi connectivity index (χ4v) is 3.90. The molecule has 0 aliphatic carbocycles. The van der Waals surface area contributed by atoms with Crippen molar-refractivity contribution in [2.45, 2.75) is 38.5 Å². The summed E-state index contributed by atoms with van der Waals surface area (Å²) >= 11 is 0. The molecule has 0 spiro atoms. The Bertz CT molecular complexity index is 808. The summed E-state index contributed by atoms with van der Waals surface area (Å²) in [6.45, 7) is 5.13. The van der Waals surface area contributed by atoms with Gasteiger partial charge in [0.2, 0.25) is 0 Å². The highest BCUT2D eigenvalue weighted by Crippen LogP contribution is 2.48. The number of amides is 2. The highest BCUT2D eigenvalue weighted by molar-refractivity contribution is 5.77. The SMILES string of the molecule is CCOc1cccc2c1OC1(C)CC2NC(=O)N1CCc1ccccc1. The molecule has 4 rings (SSSR count). The van der Waals surface area contributed by atoms with Gasteiger partial charge in [0.25, 0.3) is 0 Å². The van der Waals surface area contributed by atoms with Crippen LogP contribution in [0.1, 0.15) is 37.4 Å². The maximum Gasteiger partial charge on any atom is 0.320 e. The molecule has 5 nitrogen and oxygen atoms in total. The van der Waals surface area contributed by atoms with Crippen molar-refractivity contribution < 1.29 is 14.3 Å². The molecule has 2 bridgehead atoms. The molecule has 2 aromatic carbocycles. The van der Waals surface area contributed by atoms with E-state index in [-0.39, 0.29) is 12.1 Å². The van der Waals surface area contributed by atoms with Crippen molar-refractivity contribution in [1.29, 1.82) is 0 Å². The predicted molar refractivity (Wildman–Crippen MR) is 99.4 cm³/mol. The number of benzene rings is 2. The normalized spacial score (nSPS) is 23.7. The molecule has 1 fully saturated rings. The number of nitrogens with zero attached hydrogens (tertiary/aromatic N) is 1. The summed E-state index contributed by atoms with van der Waals surface area (Å²) in [6, 6.07) is 15.9. The average Bonchev–Trinajstić information content (AvgIpc) is 2.63. The minimum atomic E-state index is -0.679. The van der Waals surface area contributed by atoms with Crippen LogP contribution in [0.15, 0.2) is 48.5 Å². The van der Waals surface area contributed by atoms with Gasteiger partial charge in [0.05, 0.1) is 12.6 Å². The lowest BCUT2D eigenvalue weighted by atomic mass is 9.90. The first-order valence-electron chi connectivity index (χ1n) is 9.17. The van der Waals surface area contributed by atoms with Gasteiger partial charge < -0.3 is 14.8 Å². The van der Waals surface area contributed by atoms with Crippen LogP contribution in [0.3, 0.4) is 0 Å². The molecule has 2 aliphatic heterocycles. The Hall–Kier alpha value is -2.69. The number of hydrogen-bond donors (Lipinski definition) is 1. The molecule has 5 heteroatoms. The average molecular weight is 352 g/mol. The van der Waals surface area contributed by atoms with Crippen molar-refractivity contribution in [2.75, 3.05) is 13.2 Å². The van der Waals surface area contributed by atoms with Gasteiger partial charge in [-0.1, -0.05) is 42.5 Å². The number of para-hydroxylation sites is 1. The van der Waals surface area contributed by atoms with E-state index in [1.807, 2.05) is 55.1 Å². The van der Waals surface area contributed by atoms with Crippen LogP contribution >= 0.6 is 0 Å². The second-order valence-electron chi connectivity index (χ2n) is 6.98. The quantitative estimate of drug-likeness (QED) is 0.888. The number of fused-ring (bicyclic) bond motifs is 4. The molecule has 1 saturated heterocycles. The number of rotatable bonds is 5. The molecule has 2 amide bonds. The largest absolute Gasteiger partial charge is 0.490 e. The van der Waals surface area contributed by atoms with Gasteiger partial charge in [0.15, 0.2) is 17.2 Å². The van der Waals surface area contributed by atoms with Crippen LogP contribution in [-0.2, 0) is 6.42 Å². The summed E-state index contributed by atoms with van der Waals surface area (Å²) in [7, 11) is 0. The Labute approximate surface area is 153 Å². The Morgan fingerprint density at radius 3 is 2.81 bits per heavy atom. The van der Waals surface area contributed by atoms with Crippen LogP contribution in [0.25, 0.3) is 0 Å². The molecule has 2 aromatic rings. The summed E-state index contributed by atoms with van der Waals surface area (Å²) in [5.74, 6) is 1.48.